The lowest BCUT2D eigenvalue weighted by atomic mass is 9.89. The van der Waals surface area contributed by atoms with Gasteiger partial charge in [-0.1, -0.05) is 18.6 Å². The molecule has 0 amide bonds. The maximum atomic E-state index is 12.7. The van der Waals surface area contributed by atoms with E-state index < -0.39 is 15.6 Å². The number of benzene rings is 1. The summed E-state index contributed by atoms with van der Waals surface area (Å²) in [6, 6.07) is 5.93. The largest absolute Gasteiger partial charge is 0.384 e. The highest BCUT2D eigenvalue weighted by Crippen LogP contribution is 2.48. The van der Waals surface area contributed by atoms with Crippen molar-refractivity contribution in [2.75, 3.05) is 11.9 Å². The zero-order valence-corrected chi connectivity index (χ0v) is 12.5. The lowest BCUT2D eigenvalue weighted by molar-refractivity contribution is 0.235. The summed E-state index contributed by atoms with van der Waals surface area (Å²) < 4.78 is 48.8. The van der Waals surface area contributed by atoms with Crippen molar-refractivity contribution in [3.63, 3.8) is 0 Å². The summed E-state index contributed by atoms with van der Waals surface area (Å²) in [5.74, 6) is -1.34. The van der Waals surface area contributed by atoms with E-state index in [-0.39, 0.29) is 4.90 Å². The third kappa shape index (κ3) is 2.78. The van der Waals surface area contributed by atoms with Crippen molar-refractivity contribution < 1.29 is 17.2 Å². The highest BCUT2D eigenvalue weighted by molar-refractivity contribution is 7.91. The fraction of sp³-hybridized carbons (Fsp3) is 0.600. The first-order valence-electron chi connectivity index (χ1n) is 7.33. The van der Waals surface area contributed by atoms with Crippen molar-refractivity contribution in [2.24, 2.45) is 17.8 Å². The molecule has 3 atom stereocenters. The van der Waals surface area contributed by atoms with Crippen LogP contribution in [-0.4, -0.2) is 20.7 Å². The quantitative estimate of drug-likeness (QED) is 0.904. The molecule has 0 saturated heterocycles. The van der Waals surface area contributed by atoms with Crippen molar-refractivity contribution in [1.29, 1.82) is 0 Å². The van der Waals surface area contributed by atoms with E-state index in [1.807, 2.05) is 0 Å². The Balaban J connectivity index is 1.74. The highest BCUT2D eigenvalue weighted by atomic mass is 32.2. The van der Waals surface area contributed by atoms with Crippen LogP contribution in [0.2, 0.25) is 0 Å². The first-order chi connectivity index (χ1) is 9.98. The lowest BCUT2D eigenvalue weighted by Gasteiger charge is -2.23. The lowest BCUT2D eigenvalue weighted by Crippen LogP contribution is -2.21. The molecule has 0 aromatic heterocycles. The molecule has 1 aromatic rings. The monoisotopic (exact) mass is 315 g/mol. The van der Waals surface area contributed by atoms with E-state index in [0.29, 0.717) is 24.1 Å². The predicted molar refractivity (Wildman–Crippen MR) is 77.1 cm³/mol. The van der Waals surface area contributed by atoms with E-state index in [0.717, 1.165) is 5.92 Å². The van der Waals surface area contributed by atoms with E-state index in [1.165, 1.54) is 37.8 Å². The molecule has 6 heteroatoms. The van der Waals surface area contributed by atoms with Crippen LogP contribution >= 0.6 is 0 Å². The molecule has 3 rings (SSSR count). The molecule has 2 bridgehead atoms. The minimum absolute atomic E-state index is 0.292. The molecule has 3 unspecified atom stereocenters. The first kappa shape index (κ1) is 14.8. The summed E-state index contributed by atoms with van der Waals surface area (Å²) >= 11 is 0. The Labute approximate surface area is 123 Å². The molecule has 0 spiro atoms. The Kier molecular flexibility index (Phi) is 3.90. The number of halogens is 2. The van der Waals surface area contributed by atoms with E-state index in [4.69, 9.17) is 0 Å². The third-order valence-corrected chi connectivity index (χ3v) is 6.31. The van der Waals surface area contributed by atoms with Gasteiger partial charge in [0.15, 0.2) is 0 Å². The molecule has 1 aromatic carbocycles. The Morgan fingerprint density at radius 1 is 1.19 bits per heavy atom. The number of fused-ring (bicyclic) bond motifs is 2. The van der Waals surface area contributed by atoms with Gasteiger partial charge in [0.25, 0.3) is 0 Å². The van der Waals surface area contributed by atoms with Crippen molar-refractivity contribution >= 4 is 15.5 Å². The van der Waals surface area contributed by atoms with Gasteiger partial charge in [-0.3, -0.25) is 0 Å². The Hall–Kier alpha value is -1.17. The van der Waals surface area contributed by atoms with Crippen LogP contribution < -0.4 is 5.32 Å². The summed E-state index contributed by atoms with van der Waals surface area (Å²) in [6.07, 6.45) is 4.98. The van der Waals surface area contributed by atoms with Gasteiger partial charge in [-0.15, -0.1) is 0 Å². The standard InChI is InChI=1S/C15H19F2NO2S/c16-15(17)21(19,20)14-4-2-1-3-13(14)18-9-12-8-10-5-6-11(12)7-10/h1-4,10-12,15,18H,5-9H2. The van der Waals surface area contributed by atoms with Gasteiger partial charge in [0.05, 0.1) is 10.6 Å². The summed E-state index contributed by atoms with van der Waals surface area (Å²) in [5.41, 5.74) is 0.292. The summed E-state index contributed by atoms with van der Waals surface area (Å²) in [4.78, 5) is -0.303. The normalized spacial score (nSPS) is 28.2. The molecule has 2 aliphatic rings. The van der Waals surface area contributed by atoms with Gasteiger partial charge < -0.3 is 5.32 Å². The Morgan fingerprint density at radius 2 is 1.95 bits per heavy atom. The molecule has 0 aliphatic heterocycles. The van der Waals surface area contributed by atoms with Gasteiger partial charge in [-0.25, -0.2) is 8.42 Å². The fourth-order valence-corrected chi connectivity index (χ4v) is 4.73. The van der Waals surface area contributed by atoms with Gasteiger partial charge >= 0.3 is 5.76 Å². The molecule has 2 fully saturated rings. The molecular weight excluding hydrogens is 296 g/mol. The number of rotatable bonds is 5. The predicted octanol–water partition coefficient (Wildman–Crippen LogP) is 3.53. The number of sulfone groups is 1. The van der Waals surface area contributed by atoms with Crippen LogP contribution in [0, 0.1) is 17.8 Å². The van der Waals surface area contributed by atoms with E-state index in [2.05, 4.69) is 5.32 Å². The molecule has 116 valence electrons. The van der Waals surface area contributed by atoms with Gasteiger partial charge in [0.1, 0.15) is 0 Å². The van der Waals surface area contributed by atoms with Crippen LogP contribution in [-0.2, 0) is 9.84 Å². The molecular formula is C15H19F2NO2S. The topological polar surface area (TPSA) is 46.2 Å². The highest BCUT2D eigenvalue weighted by Gasteiger charge is 2.39. The number of alkyl halides is 2. The fourth-order valence-electron chi connectivity index (χ4n) is 3.82. The number of anilines is 1. The first-order valence-corrected chi connectivity index (χ1v) is 8.88. The third-order valence-electron chi connectivity index (χ3n) is 4.87. The Bertz CT molecular complexity index is 618. The molecule has 21 heavy (non-hydrogen) atoms. The zero-order chi connectivity index (χ0) is 15.0. The maximum absolute atomic E-state index is 12.7. The number of hydrogen-bond donors (Lipinski definition) is 1. The SMILES string of the molecule is O=S(=O)(c1ccccc1NCC1CC2CCC1C2)C(F)F. The molecule has 2 aliphatic carbocycles. The van der Waals surface area contributed by atoms with E-state index >= 15 is 0 Å². The number of para-hydroxylation sites is 1. The molecule has 0 heterocycles. The molecule has 2 saturated carbocycles. The smallest absolute Gasteiger partial charge is 0.341 e. The number of nitrogens with one attached hydrogen (secondary N) is 1. The maximum Gasteiger partial charge on any atom is 0.341 e. The number of hydrogen-bond acceptors (Lipinski definition) is 3. The summed E-state index contributed by atoms with van der Waals surface area (Å²) in [6.45, 7) is 0.664. The van der Waals surface area contributed by atoms with Gasteiger partial charge in [0, 0.05) is 6.54 Å². The van der Waals surface area contributed by atoms with Crippen molar-refractivity contribution in [3.8, 4) is 0 Å². The minimum Gasteiger partial charge on any atom is -0.384 e. The summed E-state index contributed by atoms with van der Waals surface area (Å²) in [7, 11) is -4.56. The second kappa shape index (κ2) is 5.55. The minimum atomic E-state index is -4.56. The van der Waals surface area contributed by atoms with Gasteiger partial charge in [0.2, 0.25) is 9.84 Å². The van der Waals surface area contributed by atoms with Crippen LogP contribution in [0.4, 0.5) is 14.5 Å². The van der Waals surface area contributed by atoms with Crippen molar-refractivity contribution in [2.45, 2.75) is 36.3 Å². The average molecular weight is 315 g/mol. The van der Waals surface area contributed by atoms with Crippen molar-refractivity contribution in [3.05, 3.63) is 24.3 Å². The second-order valence-corrected chi connectivity index (χ2v) is 8.00. The molecule has 1 N–H and O–H groups in total. The van der Waals surface area contributed by atoms with E-state index in [1.54, 1.807) is 12.1 Å². The van der Waals surface area contributed by atoms with Crippen LogP contribution in [0.3, 0.4) is 0 Å². The Morgan fingerprint density at radius 3 is 2.57 bits per heavy atom. The van der Waals surface area contributed by atoms with Crippen LogP contribution in [0.5, 0.6) is 0 Å². The van der Waals surface area contributed by atoms with Crippen LogP contribution in [0.15, 0.2) is 29.2 Å². The van der Waals surface area contributed by atoms with Gasteiger partial charge in [-0.2, -0.15) is 8.78 Å². The molecule has 0 radical (unpaired) electrons. The van der Waals surface area contributed by atoms with Gasteiger partial charge in [-0.05, 0) is 49.1 Å². The second-order valence-electron chi connectivity index (χ2n) is 6.12. The summed E-state index contributed by atoms with van der Waals surface area (Å²) in [5, 5.41) is 3.09. The zero-order valence-electron chi connectivity index (χ0n) is 11.6. The van der Waals surface area contributed by atoms with Crippen molar-refractivity contribution in [1.82, 2.24) is 0 Å². The average Bonchev–Trinajstić information content (AvgIpc) is 3.07. The van der Waals surface area contributed by atoms with Crippen LogP contribution in [0.25, 0.3) is 0 Å². The van der Waals surface area contributed by atoms with E-state index in [9.17, 15) is 17.2 Å². The molecule has 3 nitrogen and oxygen atoms in total. The van der Waals surface area contributed by atoms with Crippen LogP contribution in [0.1, 0.15) is 25.7 Å².